The molecule has 1 aromatic rings. The van der Waals surface area contributed by atoms with Gasteiger partial charge in [-0.25, -0.2) is 0 Å². The van der Waals surface area contributed by atoms with E-state index in [2.05, 4.69) is 22.0 Å². The monoisotopic (exact) mass is 329 g/mol. The molecule has 0 radical (unpaired) electrons. The maximum absolute atomic E-state index is 12.0. The zero-order chi connectivity index (χ0) is 13.0. The van der Waals surface area contributed by atoms with Crippen LogP contribution >= 0.6 is 27.7 Å². The first-order valence-electron chi connectivity index (χ1n) is 5.88. The van der Waals surface area contributed by atoms with Crippen molar-refractivity contribution in [3.05, 3.63) is 23.8 Å². The molecule has 1 aliphatic heterocycles. The Hall–Kier alpha value is -0.680. The van der Waals surface area contributed by atoms with Gasteiger partial charge < -0.3 is 9.64 Å². The molecule has 0 aromatic heterocycles. The number of ether oxygens (including phenoxy) is 1. The molecule has 0 saturated carbocycles. The maximum Gasteiger partial charge on any atom is 0.223 e. The van der Waals surface area contributed by atoms with Crippen LogP contribution in [0, 0.1) is 0 Å². The highest BCUT2D eigenvalue weighted by Crippen LogP contribution is 2.30. The van der Waals surface area contributed by atoms with Gasteiger partial charge in [0.05, 0.1) is 7.11 Å². The number of halogens is 1. The summed E-state index contributed by atoms with van der Waals surface area (Å²) in [5, 5.41) is 0.723. The average Bonchev–Trinajstić information content (AvgIpc) is 2.60. The van der Waals surface area contributed by atoms with Crippen molar-refractivity contribution in [3.63, 3.8) is 0 Å². The molecule has 0 saturated heterocycles. The fourth-order valence-corrected chi connectivity index (χ4v) is 3.29. The fraction of sp³-hybridized carbons (Fsp3) is 0.462. The Morgan fingerprint density at radius 3 is 3.11 bits per heavy atom. The number of hydrogen-bond donors (Lipinski definition) is 0. The van der Waals surface area contributed by atoms with Crippen molar-refractivity contribution < 1.29 is 9.53 Å². The Kier molecular flexibility index (Phi) is 4.95. The van der Waals surface area contributed by atoms with Gasteiger partial charge in [0.25, 0.3) is 0 Å². The van der Waals surface area contributed by atoms with Crippen LogP contribution in [0.25, 0.3) is 0 Å². The van der Waals surface area contributed by atoms with Gasteiger partial charge in [-0.2, -0.15) is 0 Å². The Balaban J connectivity index is 2.19. The molecule has 0 N–H and O–H groups in total. The van der Waals surface area contributed by atoms with E-state index in [0.29, 0.717) is 13.0 Å². The molecule has 3 nitrogen and oxygen atoms in total. The third kappa shape index (κ3) is 3.20. The number of thioether (sulfide) groups is 1. The van der Waals surface area contributed by atoms with Crippen LogP contribution in [0.5, 0.6) is 5.75 Å². The zero-order valence-electron chi connectivity index (χ0n) is 10.3. The van der Waals surface area contributed by atoms with E-state index < -0.39 is 0 Å². The number of carbonyl (C=O) groups is 1. The van der Waals surface area contributed by atoms with E-state index in [-0.39, 0.29) is 5.91 Å². The van der Waals surface area contributed by atoms with Crippen molar-refractivity contribution in [2.75, 3.05) is 24.7 Å². The summed E-state index contributed by atoms with van der Waals surface area (Å²) >= 11 is 5.12. The first-order valence-corrected chi connectivity index (χ1v) is 7.98. The quantitative estimate of drug-likeness (QED) is 0.798. The number of benzene rings is 1. The first-order chi connectivity index (χ1) is 8.74. The van der Waals surface area contributed by atoms with Gasteiger partial charge in [0.15, 0.2) is 0 Å². The molecule has 98 valence electrons. The molecule has 0 unspecified atom stereocenters. The van der Waals surface area contributed by atoms with Crippen molar-refractivity contribution in [1.82, 2.24) is 4.90 Å². The van der Waals surface area contributed by atoms with Crippen molar-refractivity contribution in [2.45, 2.75) is 17.9 Å². The van der Waals surface area contributed by atoms with Gasteiger partial charge >= 0.3 is 0 Å². The third-order valence-electron chi connectivity index (χ3n) is 2.91. The summed E-state index contributed by atoms with van der Waals surface area (Å²) in [7, 11) is 1.67. The molecule has 5 heteroatoms. The molecule has 18 heavy (non-hydrogen) atoms. The van der Waals surface area contributed by atoms with Crippen LogP contribution < -0.4 is 4.74 Å². The van der Waals surface area contributed by atoms with Gasteiger partial charge in [0.2, 0.25) is 5.91 Å². The summed E-state index contributed by atoms with van der Waals surface area (Å²) < 4.78 is 5.24. The lowest BCUT2D eigenvalue weighted by Crippen LogP contribution is -2.31. The van der Waals surface area contributed by atoms with Crippen molar-refractivity contribution in [1.29, 1.82) is 0 Å². The van der Waals surface area contributed by atoms with E-state index in [4.69, 9.17) is 4.74 Å². The van der Waals surface area contributed by atoms with Gasteiger partial charge in [0, 0.05) is 35.5 Å². The molecular weight excluding hydrogens is 314 g/mol. The van der Waals surface area contributed by atoms with Crippen LogP contribution in [-0.2, 0) is 11.3 Å². The van der Waals surface area contributed by atoms with E-state index in [9.17, 15) is 4.79 Å². The topological polar surface area (TPSA) is 29.5 Å². The van der Waals surface area contributed by atoms with E-state index in [0.717, 1.165) is 23.4 Å². The molecule has 0 aliphatic carbocycles. The molecular formula is C13H16BrNO2S. The van der Waals surface area contributed by atoms with Gasteiger partial charge in [-0.05, 0) is 23.8 Å². The number of rotatable bonds is 3. The minimum atomic E-state index is 0.211. The van der Waals surface area contributed by atoms with E-state index in [1.54, 1.807) is 18.9 Å². The average molecular weight is 330 g/mol. The number of nitrogens with zero attached hydrogens (tertiary/aromatic N) is 1. The molecule has 0 fully saturated rings. The maximum atomic E-state index is 12.0. The van der Waals surface area contributed by atoms with Crippen LogP contribution in [0.15, 0.2) is 23.1 Å². The highest BCUT2D eigenvalue weighted by atomic mass is 79.9. The van der Waals surface area contributed by atoms with Crippen LogP contribution in [0.2, 0.25) is 0 Å². The van der Waals surface area contributed by atoms with E-state index in [1.807, 2.05) is 17.0 Å². The lowest BCUT2D eigenvalue weighted by Gasteiger charge is -2.20. The van der Waals surface area contributed by atoms with Crippen LogP contribution in [-0.4, -0.2) is 35.5 Å². The lowest BCUT2D eigenvalue weighted by atomic mass is 10.2. The standard InChI is InChI=1S/C13H16BrNO2S/c1-17-11-2-3-12-10(8-11)9-15(6-7-18-12)13(16)4-5-14/h2-3,8H,4-7,9H2,1H3. The van der Waals surface area contributed by atoms with E-state index >= 15 is 0 Å². The number of fused-ring (bicyclic) bond motifs is 1. The Labute approximate surface area is 120 Å². The van der Waals surface area contributed by atoms with Gasteiger partial charge in [0.1, 0.15) is 5.75 Å². The Morgan fingerprint density at radius 1 is 1.56 bits per heavy atom. The molecule has 1 aromatic carbocycles. The highest BCUT2D eigenvalue weighted by Gasteiger charge is 2.19. The summed E-state index contributed by atoms with van der Waals surface area (Å²) in [5.74, 6) is 2.01. The number of amides is 1. The molecule has 0 spiro atoms. The lowest BCUT2D eigenvalue weighted by molar-refractivity contribution is -0.131. The minimum absolute atomic E-state index is 0.211. The normalized spacial score (nSPS) is 14.9. The predicted octanol–water partition coefficient (Wildman–Crippen LogP) is 2.91. The SMILES string of the molecule is COc1ccc2c(c1)CN(C(=O)CCBr)CCS2. The van der Waals surface area contributed by atoms with Gasteiger partial charge in [-0.1, -0.05) is 15.9 Å². The van der Waals surface area contributed by atoms with Crippen molar-refractivity contribution in [3.8, 4) is 5.75 Å². The predicted molar refractivity (Wildman–Crippen MR) is 77.5 cm³/mol. The smallest absolute Gasteiger partial charge is 0.223 e. The molecule has 0 atom stereocenters. The Bertz CT molecular complexity index is 439. The van der Waals surface area contributed by atoms with Crippen LogP contribution in [0.3, 0.4) is 0 Å². The van der Waals surface area contributed by atoms with E-state index in [1.165, 1.54) is 10.5 Å². The largest absolute Gasteiger partial charge is 0.497 e. The summed E-state index contributed by atoms with van der Waals surface area (Å²) in [6.45, 7) is 1.50. The first kappa shape index (κ1) is 13.7. The zero-order valence-corrected chi connectivity index (χ0v) is 12.7. The number of methoxy groups -OCH3 is 1. The van der Waals surface area contributed by atoms with Gasteiger partial charge in [-0.3, -0.25) is 4.79 Å². The summed E-state index contributed by atoms with van der Waals surface area (Å²) in [6, 6.07) is 6.08. The number of alkyl halides is 1. The highest BCUT2D eigenvalue weighted by molar-refractivity contribution is 9.09. The summed E-state index contributed by atoms with van der Waals surface area (Å²) in [4.78, 5) is 15.2. The number of hydrogen-bond acceptors (Lipinski definition) is 3. The summed E-state index contributed by atoms with van der Waals surface area (Å²) in [5.41, 5.74) is 1.18. The third-order valence-corrected chi connectivity index (χ3v) is 4.40. The molecule has 1 amide bonds. The molecule has 1 aliphatic rings. The molecule has 2 rings (SSSR count). The molecule has 0 bridgehead atoms. The minimum Gasteiger partial charge on any atom is -0.497 e. The van der Waals surface area contributed by atoms with Gasteiger partial charge in [-0.15, -0.1) is 11.8 Å². The van der Waals surface area contributed by atoms with Crippen LogP contribution in [0.1, 0.15) is 12.0 Å². The van der Waals surface area contributed by atoms with Crippen LogP contribution in [0.4, 0.5) is 0 Å². The summed E-state index contributed by atoms with van der Waals surface area (Å²) in [6.07, 6.45) is 0.559. The fourth-order valence-electron chi connectivity index (χ4n) is 1.95. The second-order valence-electron chi connectivity index (χ2n) is 4.08. The second kappa shape index (κ2) is 6.48. The van der Waals surface area contributed by atoms with Crippen molar-refractivity contribution in [2.24, 2.45) is 0 Å². The molecule has 1 heterocycles. The van der Waals surface area contributed by atoms with Crippen molar-refractivity contribution >= 4 is 33.6 Å². The number of carbonyl (C=O) groups excluding carboxylic acids is 1. The Morgan fingerprint density at radius 2 is 2.39 bits per heavy atom. The second-order valence-corrected chi connectivity index (χ2v) is 6.01.